The number of carboxylic acid groups (broad SMARTS) is 1. The molecule has 0 spiro atoms. The molecule has 0 unspecified atom stereocenters. The summed E-state index contributed by atoms with van der Waals surface area (Å²) in [6.07, 6.45) is 0.346. The van der Waals surface area contributed by atoms with Gasteiger partial charge in [0.1, 0.15) is 10.7 Å². The van der Waals surface area contributed by atoms with Gasteiger partial charge in [-0.3, -0.25) is 14.2 Å². The normalized spacial score (nSPS) is 11.2. The Labute approximate surface area is 146 Å². The molecule has 0 saturated carbocycles. The maximum atomic E-state index is 13.0. The van der Waals surface area contributed by atoms with Crippen molar-refractivity contribution in [1.29, 1.82) is 0 Å². The molecule has 0 aliphatic rings. The van der Waals surface area contributed by atoms with E-state index < -0.39 is 5.97 Å². The first kappa shape index (κ1) is 16.8. The number of rotatable bonds is 7. The average Bonchev–Trinajstić information content (AvgIpc) is 3.20. The molecule has 0 aliphatic carbocycles. The van der Waals surface area contributed by atoms with Gasteiger partial charge in [-0.25, -0.2) is 4.98 Å². The van der Waals surface area contributed by atoms with Gasteiger partial charge in [-0.05, 0) is 11.4 Å². The summed E-state index contributed by atoms with van der Waals surface area (Å²) in [4.78, 5) is 30.2. The van der Waals surface area contributed by atoms with E-state index in [1.807, 2.05) is 22.9 Å². The van der Waals surface area contributed by atoms with E-state index in [1.54, 1.807) is 18.4 Å². The van der Waals surface area contributed by atoms with Crippen molar-refractivity contribution < 1.29 is 14.6 Å². The van der Waals surface area contributed by atoms with Crippen LogP contribution in [-0.4, -0.2) is 34.3 Å². The second-order valence-corrected chi connectivity index (χ2v) is 6.98. The smallest absolute Gasteiger partial charge is 0.305 e. The largest absolute Gasteiger partial charge is 0.481 e. The minimum Gasteiger partial charge on any atom is -0.481 e. The number of carboxylic acids is 1. The van der Waals surface area contributed by atoms with E-state index >= 15 is 0 Å². The lowest BCUT2D eigenvalue weighted by Crippen LogP contribution is -2.27. The van der Waals surface area contributed by atoms with Crippen LogP contribution < -0.4 is 5.56 Å². The van der Waals surface area contributed by atoms with Crippen LogP contribution in [0.25, 0.3) is 20.7 Å². The highest BCUT2D eigenvalue weighted by Crippen LogP contribution is 2.33. The van der Waals surface area contributed by atoms with Crippen LogP contribution in [0.2, 0.25) is 0 Å². The molecular formula is C16H16N2O4S2. The summed E-state index contributed by atoms with van der Waals surface area (Å²) < 4.78 is 6.55. The van der Waals surface area contributed by atoms with Gasteiger partial charge in [0, 0.05) is 35.9 Å². The fourth-order valence-corrected chi connectivity index (χ4v) is 4.27. The molecule has 0 atom stereocenters. The van der Waals surface area contributed by atoms with Crippen molar-refractivity contribution in [3.05, 3.63) is 39.1 Å². The molecule has 8 heteroatoms. The summed E-state index contributed by atoms with van der Waals surface area (Å²) >= 11 is 3.00. The topological polar surface area (TPSA) is 81.4 Å². The van der Waals surface area contributed by atoms with Crippen molar-refractivity contribution in [2.75, 3.05) is 13.7 Å². The van der Waals surface area contributed by atoms with Crippen LogP contribution in [0.5, 0.6) is 0 Å². The lowest BCUT2D eigenvalue weighted by molar-refractivity contribution is -0.137. The van der Waals surface area contributed by atoms with Crippen LogP contribution >= 0.6 is 22.7 Å². The summed E-state index contributed by atoms with van der Waals surface area (Å²) in [5, 5.41) is 13.4. The van der Waals surface area contributed by atoms with Crippen molar-refractivity contribution in [2.45, 2.75) is 19.4 Å². The molecule has 24 heavy (non-hydrogen) atoms. The standard InChI is InChI=1S/C16H16N2O4S2/c1-22-7-5-12-17-15-14(16(21)18(12)6-4-13(19)20)10(9-24-15)11-3-2-8-23-11/h2-3,8-9H,4-7H2,1H3,(H,19,20). The molecule has 1 N–H and O–H groups in total. The SMILES string of the molecule is COCCc1nc2scc(-c3cccs3)c2c(=O)n1CCC(=O)O. The van der Waals surface area contributed by atoms with Crippen LogP contribution in [-0.2, 0) is 22.5 Å². The Morgan fingerprint density at radius 3 is 2.92 bits per heavy atom. The Kier molecular flexibility index (Phi) is 5.08. The molecule has 3 aromatic heterocycles. The lowest BCUT2D eigenvalue weighted by Gasteiger charge is -2.11. The van der Waals surface area contributed by atoms with Gasteiger partial charge in [0.2, 0.25) is 0 Å². The van der Waals surface area contributed by atoms with Crippen molar-refractivity contribution in [1.82, 2.24) is 9.55 Å². The minimum atomic E-state index is -0.941. The Bertz CT molecular complexity index is 912. The number of hydrogen-bond donors (Lipinski definition) is 1. The number of nitrogens with zero attached hydrogens (tertiary/aromatic N) is 2. The van der Waals surface area contributed by atoms with E-state index in [0.29, 0.717) is 29.1 Å². The number of carbonyl (C=O) groups is 1. The number of ether oxygens (including phenoxy) is 1. The number of aliphatic carboxylic acids is 1. The van der Waals surface area contributed by atoms with Crippen molar-refractivity contribution in [2.24, 2.45) is 0 Å². The number of hydrogen-bond acceptors (Lipinski definition) is 6. The van der Waals surface area contributed by atoms with Gasteiger partial charge >= 0.3 is 5.97 Å². The maximum Gasteiger partial charge on any atom is 0.305 e. The Morgan fingerprint density at radius 2 is 2.25 bits per heavy atom. The molecule has 3 heterocycles. The van der Waals surface area contributed by atoms with Gasteiger partial charge in [0.25, 0.3) is 5.56 Å². The van der Waals surface area contributed by atoms with E-state index in [0.717, 1.165) is 10.4 Å². The summed E-state index contributed by atoms with van der Waals surface area (Å²) in [7, 11) is 1.58. The zero-order valence-corrected chi connectivity index (χ0v) is 14.7. The highest BCUT2D eigenvalue weighted by molar-refractivity contribution is 7.18. The second-order valence-electron chi connectivity index (χ2n) is 5.18. The third kappa shape index (κ3) is 3.26. The molecule has 126 valence electrons. The van der Waals surface area contributed by atoms with Crippen molar-refractivity contribution in [3.63, 3.8) is 0 Å². The van der Waals surface area contributed by atoms with E-state index in [1.165, 1.54) is 15.9 Å². The van der Waals surface area contributed by atoms with Gasteiger partial charge in [-0.15, -0.1) is 22.7 Å². The third-order valence-corrected chi connectivity index (χ3v) is 5.41. The molecular weight excluding hydrogens is 348 g/mol. The van der Waals surface area contributed by atoms with Crippen LogP contribution in [0.1, 0.15) is 12.2 Å². The molecule has 0 bridgehead atoms. The highest BCUT2D eigenvalue weighted by Gasteiger charge is 2.17. The predicted molar refractivity (Wildman–Crippen MR) is 95.0 cm³/mol. The van der Waals surface area contributed by atoms with E-state index in [2.05, 4.69) is 4.98 Å². The van der Waals surface area contributed by atoms with E-state index in [4.69, 9.17) is 9.84 Å². The molecule has 0 saturated heterocycles. The molecule has 3 rings (SSSR count). The quantitative estimate of drug-likeness (QED) is 0.697. The third-order valence-electron chi connectivity index (χ3n) is 3.64. The molecule has 0 aromatic carbocycles. The number of aromatic nitrogens is 2. The minimum absolute atomic E-state index is 0.107. The molecule has 0 amide bonds. The van der Waals surface area contributed by atoms with E-state index in [-0.39, 0.29) is 18.5 Å². The van der Waals surface area contributed by atoms with Gasteiger partial charge in [0.15, 0.2) is 0 Å². The predicted octanol–water partition coefficient (Wildman–Crippen LogP) is 2.85. The Hall–Kier alpha value is -2.03. The first-order valence-corrected chi connectivity index (χ1v) is 9.13. The highest BCUT2D eigenvalue weighted by atomic mass is 32.1. The Morgan fingerprint density at radius 1 is 1.42 bits per heavy atom. The van der Waals surface area contributed by atoms with Crippen molar-refractivity contribution >= 4 is 38.9 Å². The van der Waals surface area contributed by atoms with Crippen LogP contribution in [0.15, 0.2) is 27.7 Å². The summed E-state index contributed by atoms with van der Waals surface area (Å²) in [6, 6.07) is 3.90. The molecule has 3 aromatic rings. The lowest BCUT2D eigenvalue weighted by atomic mass is 10.2. The summed E-state index contributed by atoms with van der Waals surface area (Å²) in [5.41, 5.74) is 0.682. The van der Waals surface area contributed by atoms with Crippen LogP contribution in [0, 0.1) is 0 Å². The molecule has 0 fully saturated rings. The fourth-order valence-electron chi connectivity index (χ4n) is 2.50. The van der Waals surface area contributed by atoms with Gasteiger partial charge < -0.3 is 9.84 Å². The van der Waals surface area contributed by atoms with E-state index in [9.17, 15) is 9.59 Å². The van der Waals surface area contributed by atoms with Gasteiger partial charge in [-0.1, -0.05) is 6.07 Å². The molecule has 0 aliphatic heterocycles. The zero-order chi connectivity index (χ0) is 17.1. The molecule has 6 nitrogen and oxygen atoms in total. The first-order valence-electron chi connectivity index (χ1n) is 7.37. The van der Waals surface area contributed by atoms with Crippen molar-refractivity contribution in [3.8, 4) is 10.4 Å². The zero-order valence-electron chi connectivity index (χ0n) is 13.0. The van der Waals surface area contributed by atoms with Gasteiger partial charge in [-0.2, -0.15) is 0 Å². The van der Waals surface area contributed by atoms with Crippen LogP contribution in [0.3, 0.4) is 0 Å². The monoisotopic (exact) mass is 364 g/mol. The Balaban J connectivity index is 2.16. The van der Waals surface area contributed by atoms with Gasteiger partial charge in [0.05, 0.1) is 18.4 Å². The molecule has 0 radical (unpaired) electrons. The average molecular weight is 364 g/mol. The van der Waals surface area contributed by atoms with Crippen LogP contribution in [0.4, 0.5) is 0 Å². The summed E-state index contributed by atoms with van der Waals surface area (Å²) in [5.74, 6) is -0.376. The maximum absolute atomic E-state index is 13.0. The fraction of sp³-hybridized carbons (Fsp3) is 0.312. The first-order chi connectivity index (χ1) is 11.6. The summed E-state index contributed by atoms with van der Waals surface area (Å²) in [6.45, 7) is 0.532. The number of fused-ring (bicyclic) bond motifs is 1. The number of methoxy groups -OCH3 is 1. The number of thiophene rings is 2. The second kappa shape index (κ2) is 7.25.